The molecular formula is C18H13F3N3O+. The van der Waals surface area contributed by atoms with E-state index in [1.165, 1.54) is 22.7 Å². The smallest absolute Gasteiger partial charge is 0.240 e. The zero-order valence-corrected chi connectivity index (χ0v) is 13.0. The number of aryl methyl sites for hydroxylation is 1. The summed E-state index contributed by atoms with van der Waals surface area (Å²) >= 11 is 0. The van der Waals surface area contributed by atoms with E-state index in [0.717, 1.165) is 12.1 Å². The van der Waals surface area contributed by atoms with Crippen LogP contribution in [0.2, 0.25) is 0 Å². The first-order valence-electron chi connectivity index (χ1n) is 7.50. The molecule has 0 fully saturated rings. The van der Waals surface area contributed by atoms with Crippen molar-refractivity contribution in [2.45, 2.75) is 19.1 Å². The number of rotatable bonds is 3. The van der Waals surface area contributed by atoms with Crippen LogP contribution >= 0.6 is 0 Å². The fourth-order valence-corrected chi connectivity index (χ4v) is 2.66. The Morgan fingerprint density at radius 2 is 1.96 bits per heavy atom. The molecule has 0 aliphatic rings. The molecule has 25 heavy (non-hydrogen) atoms. The molecule has 0 saturated carbocycles. The molecule has 2 aromatic heterocycles. The summed E-state index contributed by atoms with van der Waals surface area (Å²) < 4.78 is 41.9. The van der Waals surface area contributed by atoms with Gasteiger partial charge in [0.15, 0.2) is 0 Å². The third-order valence-corrected chi connectivity index (χ3v) is 3.83. The van der Waals surface area contributed by atoms with Gasteiger partial charge in [-0.2, -0.15) is 22.8 Å². The number of hydrogen-bond donors (Lipinski definition) is 0. The molecular weight excluding hydrogens is 331 g/mol. The average Bonchev–Trinajstić information content (AvgIpc) is 2.61. The highest BCUT2D eigenvalue weighted by Crippen LogP contribution is 2.31. The lowest BCUT2D eigenvalue weighted by molar-refractivity contribution is -0.673. The number of fused-ring (bicyclic) bond motifs is 1. The zero-order valence-electron chi connectivity index (χ0n) is 13.0. The fraction of sp³-hybridized carbons (Fsp3) is 0.167. The van der Waals surface area contributed by atoms with E-state index >= 15 is 0 Å². The highest BCUT2D eigenvalue weighted by atomic mass is 19.4. The number of aromatic nitrogens is 2. The lowest BCUT2D eigenvalue weighted by Gasteiger charge is -2.09. The summed E-state index contributed by atoms with van der Waals surface area (Å²) in [5.74, 6) is 0. The van der Waals surface area contributed by atoms with Gasteiger partial charge in [0, 0.05) is 6.07 Å². The van der Waals surface area contributed by atoms with Gasteiger partial charge in [0.05, 0.1) is 24.3 Å². The van der Waals surface area contributed by atoms with Crippen LogP contribution in [0.15, 0.2) is 59.7 Å². The summed E-state index contributed by atoms with van der Waals surface area (Å²) in [4.78, 5) is 12.7. The van der Waals surface area contributed by atoms with Gasteiger partial charge in [-0.15, -0.1) is 0 Å². The Morgan fingerprint density at radius 1 is 1.16 bits per heavy atom. The lowest BCUT2D eigenvalue weighted by Crippen LogP contribution is -2.40. The zero-order chi connectivity index (χ0) is 18.0. The number of nitrogens with zero attached hydrogens (tertiary/aromatic N) is 3. The topological polar surface area (TPSA) is 49.1 Å². The van der Waals surface area contributed by atoms with Gasteiger partial charge in [0.2, 0.25) is 0 Å². The van der Waals surface area contributed by atoms with Gasteiger partial charge >= 0.3 is 11.7 Å². The minimum Gasteiger partial charge on any atom is -0.240 e. The highest BCUT2D eigenvalue weighted by molar-refractivity contribution is 5.62. The maximum atomic E-state index is 13.0. The molecule has 4 nitrogen and oxygen atoms in total. The second-order valence-electron chi connectivity index (χ2n) is 5.46. The summed E-state index contributed by atoms with van der Waals surface area (Å²) in [6.45, 7) is 0.330. The van der Waals surface area contributed by atoms with Crippen LogP contribution in [0.1, 0.15) is 12.0 Å². The third-order valence-electron chi connectivity index (χ3n) is 3.83. The molecule has 126 valence electrons. The van der Waals surface area contributed by atoms with Crippen molar-refractivity contribution >= 4 is 5.65 Å². The minimum atomic E-state index is -4.49. The summed E-state index contributed by atoms with van der Waals surface area (Å²) in [6.07, 6.45) is -1.21. The van der Waals surface area contributed by atoms with E-state index < -0.39 is 17.3 Å². The van der Waals surface area contributed by atoms with Crippen LogP contribution in [-0.4, -0.2) is 4.40 Å². The second kappa shape index (κ2) is 6.40. The minimum absolute atomic E-state index is 0.146. The van der Waals surface area contributed by atoms with E-state index in [1.807, 2.05) is 6.07 Å². The van der Waals surface area contributed by atoms with Crippen LogP contribution in [-0.2, 0) is 12.7 Å². The number of halogens is 3. The normalized spacial score (nSPS) is 11.4. The maximum absolute atomic E-state index is 13.0. The Balaban J connectivity index is 2.25. The van der Waals surface area contributed by atoms with Gasteiger partial charge < -0.3 is 0 Å². The predicted octanol–water partition coefficient (Wildman–Crippen LogP) is 3.19. The molecule has 0 atom stereocenters. The number of pyridine rings is 1. The molecule has 0 unspecified atom stereocenters. The van der Waals surface area contributed by atoms with Crippen LogP contribution in [0.3, 0.4) is 0 Å². The van der Waals surface area contributed by atoms with Crippen LogP contribution in [0.4, 0.5) is 13.2 Å². The summed E-state index contributed by atoms with van der Waals surface area (Å²) in [6, 6.07) is 11.8. The van der Waals surface area contributed by atoms with Crippen molar-refractivity contribution in [2.24, 2.45) is 0 Å². The SMILES string of the molecule is N#CCC[n+]1cc(-c2cccc(C(F)(F)F)c2)c(=O)n2ccccc21. The monoisotopic (exact) mass is 344 g/mol. The summed E-state index contributed by atoms with van der Waals surface area (Å²) in [7, 11) is 0. The molecule has 0 saturated heterocycles. The Labute approximate surface area is 141 Å². The van der Waals surface area contributed by atoms with Crippen LogP contribution in [0.25, 0.3) is 16.8 Å². The van der Waals surface area contributed by atoms with Crippen molar-refractivity contribution in [3.05, 3.63) is 70.8 Å². The van der Waals surface area contributed by atoms with Gasteiger partial charge in [0.1, 0.15) is 18.3 Å². The van der Waals surface area contributed by atoms with Crippen molar-refractivity contribution in [1.82, 2.24) is 4.40 Å². The molecule has 0 amide bonds. The predicted molar refractivity (Wildman–Crippen MR) is 84.5 cm³/mol. The number of benzene rings is 1. The number of nitriles is 1. The summed E-state index contributed by atoms with van der Waals surface area (Å²) in [5.41, 5.74) is -0.329. The molecule has 0 spiro atoms. The molecule has 0 bridgehead atoms. The van der Waals surface area contributed by atoms with Crippen molar-refractivity contribution in [2.75, 3.05) is 0 Å². The van der Waals surface area contributed by atoms with Crippen LogP contribution in [0, 0.1) is 11.3 Å². The Hall–Kier alpha value is -3.14. The molecule has 2 heterocycles. The first-order valence-corrected chi connectivity index (χ1v) is 7.50. The molecule has 0 aliphatic carbocycles. The van der Waals surface area contributed by atoms with Gasteiger partial charge in [-0.1, -0.05) is 18.2 Å². The Bertz CT molecular complexity index is 1030. The Morgan fingerprint density at radius 3 is 2.68 bits per heavy atom. The second-order valence-corrected chi connectivity index (χ2v) is 5.46. The van der Waals surface area contributed by atoms with E-state index in [9.17, 15) is 18.0 Å². The van der Waals surface area contributed by atoms with Gasteiger partial charge in [0.25, 0.3) is 5.65 Å². The highest BCUT2D eigenvalue weighted by Gasteiger charge is 2.31. The quantitative estimate of drug-likeness (QED) is 0.685. The standard InChI is InChI=1S/C18H13F3N3O/c19-18(20,21)14-6-3-5-13(11-14)15-12-23(9-4-8-22)16-7-1-2-10-24(16)17(15)25/h1-3,5-7,10-12H,4,9H2/q+1. The van der Waals surface area contributed by atoms with Crippen molar-refractivity contribution in [3.8, 4) is 17.2 Å². The summed E-state index contributed by atoms with van der Waals surface area (Å²) in [5, 5.41) is 8.81. The third kappa shape index (κ3) is 3.24. The van der Waals surface area contributed by atoms with E-state index in [-0.39, 0.29) is 17.5 Å². The molecule has 0 aliphatic heterocycles. The maximum Gasteiger partial charge on any atom is 0.416 e. The number of hydrogen-bond acceptors (Lipinski definition) is 2. The van der Waals surface area contributed by atoms with Gasteiger partial charge in [-0.05, 0) is 23.8 Å². The van der Waals surface area contributed by atoms with E-state index in [0.29, 0.717) is 12.2 Å². The average molecular weight is 344 g/mol. The van der Waals surface area contributed by atoms with E-state index in [4.69, 9.17) is 5.26 Å². The molecule has 7 heteroatoms. The van der Waals surface area contributed by atoms with E-state index in [2.05, 4.69) is 0 Å². The van der Waals surface area contributed by atoms with Crippen LogP contribution in [0.5, 0.6) is 0 Å². The van der Waals surface area contributed by atoms with Gasteiger partial charge in [-0.3, -0.25) is 0 Å². The first-order chi connectivity index (χ1) is 11.9. The molecule has 1 aromatic carbocycles. The molecule has 3 aromatic rings. The first kappa shape index (κ1) is 16.7. The largest absolute Gasteiger partial charge is 0.416 e. The molecule has 0 N–H and O–H groups in total. The molecule has 0 radical (unpaired) electrons. The van der Waals surface area contributed by atoms with Crippen molar-refractivity contribution in [1.29, 1.82) is 5.26 Å². The van der Waals surface area contributed by atoms with Crippen molar-refractivity contribution < 1.29 is 17.7 Å². The van der Waals surface area contributed by atoms with Gasteiger partial charge in [-0.25, -0.2) is 9.36 Å². The van der Waals surface area contributed by atoms with Crippen molar-refractivity contribution in [3.63, 3.8) is 0 Å². The Kier molecular flexibility index (Phi) is 4.28. The number of alkyl halides is 3. The van der Waals surface area contributed by atoms with E-state index in [1.54, 1.807) is 29.0 Å². The molecule has 3 rings (SSSR count). The van der Waals surface area contributed by atoms with Crippen LogP contribution < -0.4 is 10.1 Å². The lowest BCUT2D eigenvalue weighted by atomic mass is 10.1. The fourth-order valence-electron chi connectivity index (χ4n) is 2.66.